The second kappa shape index (κ2) is 5.32. The summed E-state index contributed by atoms with van der Waals surface area (Å²) in [5, 5.41) is 0. The summed E-state index contributed by atoms with van der Waals surface area (Å²) in [6.45, 7) is 3.73. The Hall–Kier alpha value is -2.01. The van der Waals surface area contributed by atoms with E-state index in [0.29, 0.717) is 16.2 Å². The topological polar surface area (TPSA) is 46.6 Å². The molecule has 1 aliphatic rings. The number of para-hydroxylation sites is 1. The third kappa shape index (κ3) is 2.25. The number of anilines is 1. The number of methoxy groups -OCH3 is 1. The Bertz CT molecular complexity index is 814. The highest BCUT2D eigenvalue weighted by atomic mass is 32.2. The molecule has 0 aliphatic carbocycles. The molecule has 3 rings (SSSR count). The van der Waals surface area contributed by atoms with Crippen LogP contribution in [0, 0.1) is 6.92 Å². The van der Waals surface area contributed by atoms with Crippen molar-refractivity contribution in [2.24, 2.45) is 0 Å². The maximum absolute atomic E-state index is 13.1. The van der Waals surface area contributed by atoms with Crippen LogP contribution in [0.5, 0.6) is 5.75 Å². The largest absolute Gasteiger partial charge is 0.497 e. The van der Waals surface area contributed by atoms with Gasteiger partial charge in [0, 0.05) is 6.04 Å². The van der Waals surface area contributed by atoms with Crippen LogP contribution in [0.1, 0.15) is 18.1 Å². The van der Waals surface area contributed by atoms with Gasteiger partial charge >= 0.3 is 0 Å². The van der Waals surface area contributed by atoms with E-state index in [4.69, 9.17) is 4.74 Å². The zero-order valence-corrected chi connectivity index (χ0v) is 13.7. The number of benzene rings is 2. The number of rotatable bonds is 3. The summed E-state index contributed by atoms with van der Waals surface area (Å²) >= 11 is 0. The molecular formula is C17H19NO3S. The molecule has 4 nitrogen and oxygen atoms in total. The Morgan fingerprint density at radius 3 is 2.59 bits per heavy atom. The zero-order chi connectivity index (χ0) is 15.9. The van der Waals surface area contributed by atoms with Crippen molar-refractivity contribution in [1.82, 2.24) is 0 Å². The van der Waals surface area contributed by atoms with Crippen LogP contribution >= 0.6 is 0 Å². The lowest BCUT2D eigenvalue weighted by Crippen LogP contribution is -2.36. The van der Waals surface area contributed by atoms with Gasteiger partial charge in [-0.15, -0.1) is 0 Å². The first kappa shape index (κ1) is 14.9. The Morgan fingerprint density at radius 2 is 1.91 bits per heavy atom. The Kier molecular flexibility index (Phi) is 3.60. The molecule has 1 atom stereocenters. The summed E-state index contributed by atoms with van der Waals surface area (Å²) < 4.78 is 32.9. The van der Waals surface area contributed by atoms with Gasteiger partial charge in [-0.3, -0.25) is 4.31 Å². The summed E-state index contributed by atoms with van der Waals surface area (Å²) in [7, 11) is -2.01. The molecule has 5 heteroatoms. The zero-order valence-electron chi connectivity index (χ0n) is 12.9. The van der Waals surface area contributed by atoms with E-state index in [-0.39, 0.29) is 6.04 Å². The van der Waals surface area contributed by atoms with E-state index in [1.165, 1.54) is 4.31 Å². The van der Waals surface area contributed by atoms with Crippen molar-refractivity contribution < 1.29 is 13.2 Å². The first-order valence-electron chi connectivity index (χ1n) is 7.22. The predicted octanol–water partition coefficient (Wildman–Crippen LogP) is 3.14. The van der Waals surface area contributed by atoms with Crippen LogP contribution in [-0.2, 0) is 16.4 Å². The molecule has 0 bridgehead atoms. The number of hydrogen-bond donors (Lipinski definition) is 0. The molecular weight excluding hydrogens is 298 g/mol. The number of hydrogen-bond acceptors (Lipinski definition) is 3. The van der Waals surface area contributed by atoms with Crippen molar-refractivity contribution in [3.63, 3.8) is 0 Å². The molecule has 0 fully saturated rings. The van der Waals surface area contributed by atoms with Gasteiger partial charge < -0.3 is 4.74 Å². The van der Waals surface area contributed by atoms with Crippen molar-refractivity contribution >= 4 is 15.7 Å². The van der Waals surface area contributed by atoms with Crippen molar-refractivity contribution in [2.45, 2.75) is 31.2 Å². The molecule has 0 N–H and O–H groups in total. The number of nitrogens with zero attached hydrogens (tertiary/aromatic N) is 1. The fourth-order valence-electron chi connectivity index (χ4n) is 3.05. The standard InChI is InChI=1S/C17H19NO3S/c1-12-10-15(21-3)8-9-17(12)22(19,20)18-13(2)11-14-6-4-5-7-16(14)18/h4-10,13H,11H2,1-3H3/t13-/m0/s1. The van der Waals surface area contributed by atoms with Crippen molar-refractivity contribution in [1.29, 1.82) is 0 Å². The smallest absolute Gasteiger partial charge is 0.264 e. The van der Waals surface area contributed by atoms with E-state index in [9.17, 15) is 8.42 Å². The van der Waals surface area contributed by atoms with Crippen LogP contribution in [0.2, 0.25) is 0 Å². The van der Waals surface area contributed by atoms with Crippen LogP contribution in [0.15, 0.2) is 47.4 Å². The maximum atomic E-state index is 13.1. The minimum absolute atomic E-state index is 0.0797. The monoisotopic (exact) mass is 317 g/mol. The number of fused-ring (bicyclic) bond motifs is 1. The summed E-state index contributed by atoms with van der Waals surface area (Å²) in [6, 6.07) is 12.7. The Labute approximate surface area is 131 Å². The highest BCUT2D eigenvalue weighted by molar-refractivity contribution is 7.93. The Morgan fingerprint density at radius 1 is 1.18 bits per heavy atom. The van der Waals surface area contributed by atoms with Gasteiger partial charge in [0.1, 0.15) is 5.75 Å². The lowest BCUT2D eigenvalue weighted by molar-refractivity contribution is 0.414. The fourth-order valence-corrected chi connectivity index (χ4v) is 4.95. The van der Waals surface area contributed by atoms with E-state index >= 15 is 0 Å². The van der Waals surface area contributed by atoms with Gasteiger partial charge in [0.25, 0.3) is 10.0 Å². The molecule has 0 aromatic heterocycles. The van der Waals surface area contributed by atoms with Crippen molar-refractivity contribution in [2.75, 3.05) is 11.4 Å². The second-order valence-corrected chi connectivity index (χ2v) is 7.40. The molecule has 2 aromatic rings. The first-order chi connectivity index (χ1) is 10.4. The van der Waals surface area contributed by atoms with Crippen LogP contribution < -0.4 is 9.04 Å². The Balaban J connectivity index is 2.11. The molecule has 0 spiro atoms. The lowest BCUT2D eigenvalue weighted by atomic mass is 10.1. The quantitative estimate of drug-likeness (QED) is 0.873. The van der Waals surface area contributed by atoms with Gasteiger partial charge in [0.15, 0.2) is 0 Å². The summed E-state index contributed by atoms with van der Waals surface area (Å²) in [4.78, 5) is 0.330. The molecule has 0 saturated carbocycles. The van der Waals surface area contributed by atoms with E-state index in [2.05, 4.69) is 0 Å². The highest BCUT2D eigenvalue weighted by Crippen LogP contribution is 2.37. The number of sulfonamides is 1. The SMILES string of the molecule is COc1ccc(S(=O)(=O)N2c3ccccc3C[C@@H]2C)c(C)c1. The van der Waals surface area contributed by atoms with Crippen molar-refractivity contribution in [3.05, 3.63) is 53.6 Å². The van der Waals surface area contributed by atoms with E-state index in [0.717, 1.165) is 17.7 Å². The van der Waals surface area contributed by atoms with Gasteiger partial charge in [-0.1, -0.05) is 18.2 Å². The second-order valence-electron chi connectivity index (χ2n) is 5.61. The minimum atomic E-state index is -3.58. The average Bonchev–Trinajstić information content (AvgIpc) is 2.83. The highest BCUT2D eigenvalue weighted by Gasteiger charge is 2.36. The average molecular weight is 317 g/mol. The van der Waals surface area contributed by atoms with E-state index in [1.807, 2.05) is 31.2 Å². The van der Waals surface area contributed by atoms with Crippen LogP contribution in [0.4, 0.5) is 5.69 Å². The van der Waals surface area contributed by atoms with E-state index in [1.54, 1.807) is 32.2 Å². The molecule has 0 radical (unpaired) electrons. The van der Waals surface area contributed by atoms with Gasteiger partial charge in [-0.2, -0.15) is 0 Å². The minimum Gasteiger partial charge on any atom is -0.497 e. The lowest BCUT2D eigenvalue weighted by Gasteiger charge is -2.25. The van der Waals surface area contributed by atoms with Gasteiger partial charge in [-0.25, -0.2) is 8.42 Å². The predicted molar refractivity (Wildman–Crippen MR) is 87.0 cm³/mol. The normalized spacial score (nSPS) is 17.4. The molecule has 22 heavy (non-hydrogen) atoms. The van der Waals surface area contributed by atoms with Crippen LogP contribution in [0.25, 0.3) is 0 Å². The van der Waals surface area contributed by atoms with Crippen LogP contribution in [-0.4, -0.2) is 21.6 Å². The molecule has 116 valence electrons. The van der Waals surface area contributed by atoms with Crippen LogP contribution in [0.3, 0.4) is 0 Å². The molecule has 2 aromatic carbocycles. The summed E-state index contributed by atoms with van der Waals surface area (Å²) in [6.07, 6.45) is 0.741. The molecule has 1 heterocycles. The van der Waals surface area contributed by atoms with E-state index < -0.39 is 10.0 Å². The summed E-state index contributed by atoms with van der Waals surface area (Å²) in [5.41, 5.74) is 2.55. The fraction of sp³-hybridized carbons (Fsp3) is 0.294. The first-order valence-corrected chi connectivity index (χ1v) is 8.66. The number of ether oxygens (including phenoxy) is 1. The molecule has 0 saturated heterocycles. The van der Waals surface area contributed by atoms with Gasteiger partial charge in [0.2, 0.25) is 0 Å². The molecule has 1 aliphatic heterocycles. The van der Waals surface area contributed by atoms with Gasteiger partial charge in [-0.05, 0) is 55.7 Å². The molecule has 0 amide bonds. The molecule has 0 unspecified atom stereocenters. The summed E-state index contributed by atoms with van der Waals surface area (Å²) in [5.74, 6) is 0.659. The third-order valence-corrected chi connectivity index (χ3v) is 6.15. The van der Waals surface area contributed by atoms with Gasteiger partial charge in [0.05, 0.1) is 17.7 Å². The third-order valence-electron chi connectivity index (χ3n) is 4.06. The maximum Gasteiger partial charge on any atom is 0.264 e. The van der Waals surface area contributed by atoms with Crippen molar-refractivity contribution in [3.8, 4) is 5.75 Å². The number of aryl methyl sites for hydroxylation is 1.